The minimum atomic E-state index is -0.434. The fourth-order valence-corrected chi connectivity index (χ4v) is 3.12. The minimum absolute atomic E-state index is 0.101. The number of nitrogens with zero attached hydrogens (tertiary/aromatic N) is 2. The normalized spacial score (nSPS) is 22.2. The Bertz CT molecular complexity index is 533. The standard InChI is InChI=1S/C18H31N3O2/c1-17(2,3)23-16(22)21-9-6-8-18(4,14-21)13-19-11-15-7-10-20(5)12-15/h7,10,12,19H,6,8-9,11,13-14H2,1-5H3. The molecule has 1 amide bonds. The topological polar surface area (TPSA) is 46.5 Å². The van der Waals surface area contributed by atoms with Gasteiger partial charge >= 0.3 is 6.09 Å². The van der Waals surface area contributed by atoms with E-state index in [0.29, 0.717) is 0 Å². The summed E-state index contributed by atoms with van der Waals surface area (Å²) in [7, 11) is 2.03. The third kappa shape index (κ3) is 5.57. The van der Waals surface area contributed by atoms with Gasteiger partial charge in [0.2, 0.25) is 0 Å². The van der Waals surface area contributed by atoms with Gasteiger partial charge in [0.05, 0.1) is 0 Å². The van der Waals surface area contributed by atoms with Gasteiger partial charge in [-0.15, -0.1) is 0 Å². The Morgan fingerprint density at radius 3 is 2.78 bits per heavy atom. The first-order valence-electron chi connectivity index (χ1n) is 8.46. The Morgan fingerprint density at radius 1 is 1.43 bits per heavy atom. The fraction of sp³-hybridized carbons (Fsp3) is 0.722. The number of piperidine rings is 1. The number of likely N-dealkylation sites (tertiary alicyclic amines) is 1. The van der Waals surface area contributed by atoms with E-state index in [2.05, 4.69) is 35.3 Å². The number of rotatable bonds is 4. The molecule has 0 radical (unpaired) electrons. The predicted octanol–water partition coefficient (Wildman–Crippen LogP) is 3.15. The molecule has 1 N–H and O–H groups in total. The van der Waals surface area contributed by atoms with Crippen LogP contribution in [0, 0.1) is 5.41 Å². The number of aromatic nitrogens is 1. The maximum atomic E-state index is 12.3. The van der Waals surface area contributed by atoms with E-state index in [-0.39, 0.29) is 11.5 Å². The molecule has 2 rings (SSSR count). The molecule has 1 saturated heterocycles. The van der Waals surface area contributed by atoms with Crippen LogP contribution in [0.5, 0.6) is 0 Å². The molecule has 1 aliphatic heterocycles. The molecule has 23 heavy (non-hydrogen) atoms. The van der Waals surface area contributed by atoms with Gasteiger partial charge in [0.1, 0.15) is 5.60 Å². The molecule has 1 aromatic rings. The Labute approximate surface area is 140 Å². The maximum Gasteiger partial charge on any atom is 0.410 e. The van der Waals surface area contributed by atoms with E-state index in [4.69, 9.17) is 4.74 Å². The average molecular weight is 321 g/mol. The summed E-state index contributed by atoms with van der Waals surface area (Å²) >= 11 is 0. The van der Waals surface area contributed by atoms with Crippen LogP contribution in [0.15, 0.2) is 18.5 Å². The summed E-state index contributed by atoms with van der Waals surface area (Å²) in [6.07, 6.45) is 6.16. The van der Waals surface area contributed by atoms with E-state index in [1.807, 2.05) is 32.7 Å². The predicted molar refractivity (Wildman–Crippen MR) is 92.3 cm³/mol. The molecule has 1 aliphatic rings. The Morgan fingerprint density at radius 2 is 2.17 bits per heavy atom. The monoisotopic (exact) mass is 321 g/mol. The molecule has 5 nitrogen and oxygen atoms in total. The second-order valence-electron chi connectivity index (χ2n) is 8.10. The molecule has 0 spiro atoms. The van der Waals surface area contributed by atoms with E-state index in [1.54, 1.807) is 0 Å². The third-order valence-corrected chi connectivity index (χ3v) is 4.21. The highest BCUT2D eigenvalue weighted by Gasteiger charge is 2.34. The summed E-state index contributed by atoms with van der Waals surface area (Å²) in [6, 6.07) is 2.13. The van der Waals surface area contributed by atoms with Crippen LogP contribution in [-0.2, 0) is 18.3 Å². The Balaban J connectivity index is 1.84. The van der Waals surface area contributed by atoms with E-state index >= 15 is 0 Å². The SMILES string of the molecule is Cn1ccc(CNCC2(C)CCCN(C(=O)OC(C)(C)C)C2)c1. The second kappa shape index (κ2) is 6.95. The molecular weight excluding hydrogens is 290 g/mol. The number of carbonyl (C=O) groups is 1. The van der Waals surface area contributed by atoms with Crippen molar-refractivity contribution in [2.75, 3.05) is 19.6 Å². The largest absolute Gasteiger partial charge is 0.444 e. The number of nitrogens with one attached hydrogen (secondary N) is 1. The van der Waals surface area contributed by atoms with Crippen LogP contribution in [-0.4, -0.2) is 40.8 Å². The van der Waals surface area contributed by atoms with Gasteiger partial charge in [-0.05, 0) is 50.7 Å². The minimum Gasteiger partial charge on any atom is -0.444 e. The zero-order valence-electron chi connectivity index (χ0n) is 15.2. The zero-order valence-corrected chi connectivity index (χ0v) is 15.2. The lowest BCUT2D eigenvalue weighted by atomic mass is 9.82. The third-order valence-electron chi connectivity index (χ3n) is 4.21. The summed E-state index contributed by atoms with van der Waals surface area (Å²) < 4.78 is 7.57. The molecule has 1 atom stereocenters. The smallest absolute Gasteiger partial charge is 0.410 e. The lowest BCUT2D eigenvalue weighted by Gasteiger charge is -2.41. The van der Waals surface area contributed by atoms with E-state index < -0.39 is 5.60 Å². The van der Waals surface area contributed by atoms with Crippen LogP contribution in [0.2, 0.25) is 0 Å². The van der Waals surface area contributed by atoms with Crippen LogP contribution in [0.4, 0.5) is 4.79 Å². The van der Waals surface area contributed by atoms with E-state index in [9.17, 15) is 4.79 Å². The molecule has 1 fully saturated rings. The fourth-order valence-electron chi connectivity index (χ4n) is 3.12. The van der Waals surface area contributed by atoms with Crippen molar-refractivity contribution in [3.63, 3.8) is 0 Å². The van der Waals surface area contributed by atoms with Crippen molar-refractivity contribution in [1.82, 2.24) is 14.8 Å². The summed E-state index contributed by atoms with van der Waals surface area (Å²) in [5, 5.41) is 3.54. The molecule has 0 bridgehead atoms. The first kappa shape index (κ1) is 17.9. The number of aryl methyl sites for hydroxylation is 1. The van der Waals surface area contributed by atoms with Crippen molar-refractivity contribution >= 4 is 6.09 Å². The van der Waals surface area contributed by atoms with Crippen LogP contribution in [0.1, 0.15) is 46.1 Å². The van der Waals surface area contributed by atoms with Crippen LogP contribution >= 0.6 is 0 Å². The molecule has 130 valence electrons. The first-order valence-corrected chi connectivity index (χ1v) is 8.46. The average Bonchev–Trinajstić information content (AvgIpc) is 2.82. The lowest BCUT2D eigenvalue weighted by Crippen LogP contribution is -2.50. The van der Waals surface area contributed by atoms with Gasteiger partial charge in [-0.25, -0.2) is 4.79 Å². The van der Waals surface area contributed by atoms with Gasteiger partial charge in [-0.2, -0.15) is 0 Å². The quantitative estimate of drug-likeness (QED) is 0.926. The Hall–Kier alpha value is -1.49. The number of ether oxygens (including phenoxy) is 1. The van der Waals surface area contributed by atoms with Gasteiger partial charge in [0.25, 0.3) is 0 Å². The van der Waals surface area contributed by atoms with Gasteiger partial charge < -0.3 is 19.5 Å². The molecule has 1 aromatic heterocycles. The number of amides is 1. The maximum absolute atomic E-state index is 12.3. The number of hydrogen-bond donors (Lipinski definition) is 1. The Kier molecular flexibility index (Phi) is 5.40. The molecule has 1 unspecified atom stereocenters. The number of hydrogen-bond acceptors (Lipinski definition) is 3. The molecular formula is C18H31N3O2. The molecule has 0 aliphatic carbocycles. The summed E-state index contributed by atoms with van der Waals surface area (Å²) in [4.78, 5) is 14.1. The summed E-state index contributed by atoms with van der Waals surface area (Å²) in [5.41, 5.74) is 0.955. The molecule has 2 heterocycles. The van der Waals surface area contributed by atoms with Crippen molar-refractivity contribution in [3.05, 3.63) is 24.0 Å². The highest BCUT2D eigenvalue weighted by Crippen LogP contribution is 2.29. The van der Waals surface area contributed by atoms with Crippen molar-refractivity contribution in [2.45, 2.75) is 52.7 Å². The lowest BCUT2D eigenvalue weighted by molar-refractivity contribution is 0.00675. The second-order valence-corrected chi connectivity index (χ2v) is 8.10. The molecule has 5 heteroatoms. The van der Waals surface area contributed by atoms with Crippen molar-refractivity contribution < 1.29 is 9.53 Å². The van der Waals surface area contributed by atoms with Crippen LogP contribution in [0.3, 0.4) is 0 Å². The van der Waals surface area contributed by atoms with Gasteiger partial charge in [-0.3, -0.25) is 0 Å². The van der Waals surface area contributed by atoms with Gasteiger partial charge in [0.15, 0.2) is 0 Å². The van der Waals surface area contributed by atoms with Crippen molar-refractivity contribution in [2.24, 2.45) is 12.5 Å². The first-order chi connectivity index (χ1) is 10.7. The van der Waals surface area contributed by atoms with Crippen molar-refractivity contribution in [1.29, 1.82) is 0 Å². The summed E-state index contributed by atoms with van der Waals surface area (Å²) in [6.45, 7) is 11.3. The molecule has 0 saturated carbocycles. The zero-order chi connectivity index (χ0) is 17.1. The number of carbonyl (C=O) groups excluding carboxylic acids is 1. The van der Waals surface area contributed by atoms with E-state index in [0.717, 1.165) is 39.0 Å². The highest BCUT2D eigenvalue weighted by molar-refractivity contribution is 5.68. The van der Waals surface area contributed by atoms with E-state index in [1.165, 1.54) is 5.56 Å². The van der Waals surface area contributed by atoms with Crippen molar-refractivity contribution in [3.8, 4) is 0 Å². The summed E-state index contributed by atoms with van der Waals surface area (Å²) in [5.74, 6) is 0. The van der Waals surface area contributed by atoms with Gasteiger partial charge in [0, 0.05) is 45.6 Å². The highest BCUT2D eigenvalue weighted by atomic mass is 16.6. The van der Waals surface area contributed by atoms with Crippen LogP contribution in [0.25, 0.3) is 0 Å². The molecule has 0 aromatic carbocycles. The van der Waals surface area contributed by atoms with Gasteiger partial charge in [-0.1, -0.05) is 6.92 Å². The van der Waals surface area contributed by atoms with Crippen LogP contribution < -0.4 is 5.32 Å².